The molecule has 0 N–H and O–H groups in total. The zero-order chi connectivity index (χ0) is 19.3. The van der Waals surface area contributed by atoms with Crippen molar-refractivity contribution in [1.29, 1.82) is 0 Å². The number of aromatic nitrogens is 5. The van der Waals surface area contributed by atoms with Crippen molar-refractivity contribution in [2.45, 2.75) is 52.3 Å². The molecule has 1 aliphatic heterocycles. The summed E-state index contributed by atoms with van der Waals surface area (Å²) in [6.45, 7) is 6.02. The van der Waals surface area contributed by atoms with Gasteiger partial charge >= 0.3 is 0 Å². The van der Waals surface area contributed by atoms with Gasteiger partial charge in [-0.15, -0.1) is 0 Å². The molecular weight excluding hydrogens is 354 g/mol. The average molecular weight is 377 g/mol. The molecule has 0 bridgehead atoms. The predicted octanol–water partition coefficient (Wildman–Crippen LogP) is 3.19. The first kappa shape index (κ1) is 17.3. The van der Waals surface area contributed by atoms with E-state index in [0.717, 1.165) is 42.7 Å². The highest BCUT2D eigenvalue weighted by Gasteiger charge is 2.24. The lowest BCUT2D eigenvalue weighted by atomic mass is 10.2. The van der Waals surface area contributed by atoms with Gasteiger partial charge in [-0.25, -0.2) is 15.0 Å². The number of aryl methyl sites for hydroxylation is 1. The van der Waals surface area contributed by atoms with Crippen molar-refractivity contribution in [3.63, 3.8) is 0 Å². The van der Waals surface area contributed by atoms with Crippen molar-refractivity contribution in [2.75, 3.05) is 6.61 Å². The van der Waals surface area contributed by atoms with Crippen LogP contribution in [0, 0.1) is 6.92 Å². The van der Waals surface area contributed by atoms with Crippen molar-refractivity contribution in [1.82, 2.24) is 24.1 Å². The molecule has 0 amide bonds. The Balaban J connectivity index is 1.88. The van der Waals surface area contributed by atoms with Gasteiger partial charge in [0.2, 0.25) is 0 Å². The van der Waals surface area contributed by atoms with E-state index in [2.05, 4.69) is 6.92 Å². The highest BCUT2D eigenvalue weighted by Crippen LogP contribution is 2.27. The first-order valence-electron chi connectivity index (χ1n) is 9.95. The molecule has 1 unspecified atom stereocenters. The van der Waals surface area contributed by atoms with E-state index in [1.807, 2.05) is 35.8 Å². The van der Waals surface area contributed by atoms with Crippen LogP contribution in [-0.2, 0) is 17.8 Å². The maximum absolute atomic E-state index is 13.4. The zero-order valence-electron chi connectivity index (χ0n) is 16.2. The molecule has 0 spiro atoms. The third kappa shape index (κ3) is 2.61. The average Bonchev–Trinajstić information content (AvgIpc) is 3.31. The first-order chi connectivity index (χ1) is 13.7. The highest BCUT2D eigenvalue weighted by atomic mass is 16.5. The molecule has 0 radical (unpaired) electrons. The van der Waals surface area contributed by atoms with Crippen molar-refractivity contribution in [2.24, 2.45) is 0 Å². The predicted molar refractivity (Wildman–Crippen MR) is 109 cm³/mol. The molecule has 1 aromatic carbocycles. The second-order valence-corrected chi connectivity index (χ2v) is 7.44. The Bertz CT molecular complexity index is 1250. The smallest absolute Gasteiger partial charge is 0.265 e. The molecule has 7 nitrogen and oxygen atoms in total. The quantitative estimate of drug-likeness (QED) is 0.546. The van der Waals surface area contributed by atoms with Crippen LogP contribution in [0.25, 0.3) is 33.2 Å². The number of para-hydroxylation sites is 2. The minimum absolute atomic E-state index is 0.0370. The van der Waals surface area contributed by atoms with Gasteiger partial charge in [-0.05, 0) is 38.3 Å². The molecule has 4 aromatic rings. The van der Waals surface area contributed by atoms with E-state index in [9.17, 15) is 4.79 Å². The first-order valence-corrected chi connectivity index (χ1v) is 9.95. The number of benzene rings is 1. The van der Waals surface area contributed by atoms with Crippen LogP contribution in [-0.4, -0.2) is 36.8 Å². The number of fused-ring (bicyclic) bond motifs is 4. The topological polar surface area (TPSA) is 74.8 Å². The number of rotatable bonds is 4. The summed E-state index contributed by atoms with van der Waals surface area (Å²) >= 11 is 0. The van der Waals surface area contributed by atoms with Gasteiger partial charge in [0.1, 0.15) is 16.7 Å². The van der Waals surface area contributed by atoms with Crippen molar-refractivity contribution in [3.8, 4) is 0 Å². The minimum atomic E-state index is -0.0370. The summed E-state index contributed by atoms with van der Waals surface area (Å²) in [5.41, 5.74) is 3.57. The molecule has 3 aromatic heterocycles. The number of ether oxygens (including phenoxy) is 1. The van der Waals surface area contributed by atoms with E-state index in [0.29, 0.717) is 35.3 Å². The molecule has 144 valence electrons. The Labute approximate surface area is 162 Å². The van der Waals surface area contributed by atoms with Gasteiger partial charge in [-0.1, -0.05) is 19.1 Å². The van der Waals surface area contributed by atoms with E-state index in [4.69, 9.17) is 19.7 Å². The third-order valence-corrected chi connectivity index (χ3v) is 5.50. The molecule has 1 aliphatic rings. The van der Waals surface area contributed by atoms with E-state index in [1.165, 1.54) is 0 Å². The lowest BCUT2D eigenvalue weighted by Crippen LogP contribution is -2.24. The van der Waals surface area contributed by atoms with Crippen LogP contribution in [0.5, 0.6) is 0 Å². The Kier molecular flexibility index (Phi) is 4.12. The Morgan fingerprint density at radius 3 is 2.61 bits per heavy atom. The molecule has 4 heterocycles. The van der Waals surface area contributed by atoms with Crippen LogP contribution >= 0.6 is 0 Å². The van der Waals surface area contributed by atoms with Gasteiger partial charge in [-0.2, -0.15) is 0 Å². The molecule has 1 atom stereocenters. The van der Waals surface area contributed by atoms with Gasteiger partial charge < -0.3 is 9.30 Å². The fourth-order valence-corrected chi connectivity index (χ4v) is 4.15. The van der Waals surface area contributed by atoms with Gasteiger partial charge in [0.25, 0.3) is 5.56 Å². The third-order valence-electron chi connectivity index (χ3n) is 5.50. The standard InChI is InChI=1S/C21H23N5O2/c1-3-10-25-13(2)22-19-17(21(25)27)18-20(26(19)12-14-7-6-11-28-14)24-16-9-5-4-8-15(16)23-18/h4-5,8-9,14H,3,6-7,10-12H2,1-2H3. The summed E-state index contributed by atoms with van der Waals surface area (Å²) in [5.74, 6) is 0.723. The normalized spacial score (nSPS) is 17.3. The molecule has 0 saturated carbocycles. The second-order valence-electron chi connectivity index (χ2n) is 7.44. The van der Waals surface area contributed by atoms with E-state index in [1.54, 1.807) is 4.57 Å². The minimum Gasteiger partial charge on any atom is -0.376 e. The zero-order valence-corrected chi connectivity index (χ0v) is 16.2. The molecular formula is C21H23N5O2. The lowest BCUT2D eigenvalue weighted by Gasteiger charge is -2.13. The Hall–Kier alpha value is -2.80. The largest absolute Gasteiger partial charge is 0.376 e. The molecule has 0 aliphatic carbocycles. The monoisotopic (exact) mass is 377 g/mol. The Morgan fingerprint density at radius 2 is 1.89 bits per heavy atom. The van der Waals surface area contributed by atoms with Gasteiger partial charge in [0.05, 0.1) is 23.7 Å². The summed E-state index contributed by atoms with van der Waals surface area (Å²) in [5, 5.41) is 0.560. The second kappa shape index (κ2) is 6.67. The summed E-state index contributed by atoms with van der Waals surface area (Å²) in [4.78, 5) is 27.8. The summed E-state index contributed by atoms with van der Waals surface area (Å²) < 4.78 is 9.63. The SMILES string of the molecule is CCCn1c(C)nc2c(c1=O)c1nc3ccccc3nc1n2CC1CCCO1. The van der Waals surface area contributed by atoms with Crippen LogP contribution in [0.1, 0.15) is 32.0 Å². The lowest BCUT2D eigenvalue weighted by molar-refractivity contribution is 0.0987. The maximum atomic E-state index is 13.4. The number of hydrogen-bond donors (Lipinski definition) is 0. The van der Waals surface area contributed by atoms with Crippen LogP contribution in [0.4, 0.5) is 0 Å². The van der Waals surface area contributed by atoms with Crippen molar-refractivity contribution in [3.05, 3.63) is 40.4 Å². The fourth-order valence-electron chi connectivity index (χ4n) is 4.15. The molecule has 5 rings (SSSR count). The summed E-state index contributed by atoms with van der Waals surface area (Å²) in [6, 6.07) is 7.76. The molecule has 1 saturated heterocycles. The van der Waals surface area contributed by atoms with Crippen LogP contribution < -0.4 is 5.56 Å². The van der Waals surface area contributed by atoms with E-state index < -0.39 is 0 Å². The van der Waals surface area contributed by atoms with Crippen LogP contribution in [0.2, 0.25) is 0 Å². The van der Waals surface area contributed by atoms with Gasteiger partial charge in [0.15, 0.2) is 11.3 Å². The number of nitrogens with zero attached hydrogens (tertiary/aromatic N) is 5. The highest BCUT2D eigenvalue weighted by molar-refractivity contribution is 6.04. The Morgan fingerprint density at radius 1 is 1.11 bits per heavy atom. The fraction of sp³-hybridized carbons (Fsp3) is 0.429. The summed E-state index contributed by atoms with van der Waals surface area (Å²) in [7, 11) is 0. The van der Waals surface area contributed by atoms with E-state index in [-0.39, 0.29) is 11.7 Å². The van der Waals surface area contributed by atoms with E-state index >= 15 is 0 Å². The van der Waals surface area contributed by atoms with Crippen molar-refractivity contribution < 1.29 is 4.74 Å². The molecule has 28 heavy (non-hydrogen) atoms. The van der Waals surface area contributed by atoms with Crippen LogP contribution in [0.3, 0.4) is 0 Å². The maximum Gasteiger partial charge on any atom is 0.265 e. The number of hydrogen-bond acceptors (Lipinski definition) is 5. The van der Waals surface area contributed by atoms with Gasteiger partial charge in [-0.3, -0.25) is 9.36 Å². The summed E-state index contributed by atoms with van der Waals surface area (Å²) in [6.07, 6.45) is 3.06. The molecule has 7 heteroatoms. The molecule has 1 fully saturated rings. The van der Waals surface area contributed by atoms with Crippen LogP contribution in [0.15, 0.2) is 29.1 Å². The van der Waals surface area contributed by atoms with Gasteiger partial charge in [0, 0.05) is 13.2 Å². The van der Waals surface area contributed by atoms with Crippen molar-refractivity contribution >= 4 is 33.2 Å².